The maximum atomic E-state index is 15.5. The second-order valence-corrected chi connectivity index (χ2v) is 11.8. The van der Waals surface area contributed by atoms with Crippen molar-refractivity contribution in [1.29, 1.82) is 0 Å². The number of nitrogens with zero attached hydrogens (tertiary/aromatic N) is 4. The van der Waals surface area contributed by atoms with Crippen LogP contribution in [0.5, 0.6) is 5.75 Å². The van der Waals surface area contributed by atoms with Crippen LogP contribution in [0.3, 0.4) is 0 Å². The summed E-state index contributed by atoms with van der Waals surface area (Å²) in [6.07, 6.45) is 9.17. The minimum absolute atomic E-state index is 0.0270. The van der Waals surface area contributed by atoms with Crippen molar-refractivity contribution in [1.82, 2.24) is 20.0 Å². The first-order chi connectivity index (χ1) is 23.2. The van der Waals surface area contributed by atoms with Crippen molar-refractivity contribution in [2.24, 2.45) is 10.9 Å². The van der Waals surface area contributed by atoms with Gasteiger partial charge < -0.3 is 14.8 Å². The Labute approximate surface area is 280 Å². The molecule has 3 heterocycles. The van der Waals surface area contributed by atoms with E-state index in [1.54, 1.807) is 23.8 Å². The molecule has 0 amide bonds. The van der Waals surface area contributed by atoms with E-state index in [1.807, 2.05) is 50.3 Å². The Kier molecular flexibility index (Phi) is 11.5. The lowest BCUT2D eigenvalue weighted by atomic mass is 10.0. The number of nitrogens with one attached hydrogen (secondary N) is 1. The summed E-state index contributed by atoms with van der Waals surface area (Å²) < 4.78 is 58.2. The standard InChI is InChI=1S/C38H42F3N5O2/c1-6-11-34(33(41)18-25(4)7-2)42-37-20-27(23-45-14-16-47-17-15-45)26(5)19-35(43-37)38-29-12-9-10-13-36(29)46(44-38)24-30-31(39)21-28(48-8-3)22-32(30)40/h6,9-13,18-22,25H,1,5,7-8,14-17,23-24H2,2-4H3,(H,42,43)/b33-18+,34-11+. The Morgan fingerprint density at radius 2 is 1.83 bits per heavy atom. The van der Waals surface area contributed by atoms with Gasteiger partial charge in [-0.3, -0.25) is 9.58 Å². The maximum absolute atomic E-state index is 15.5. The number of morpholine rings is 1. The zero-order chi connectivity index (χ0) is 34.2. The molecule has 2 aliphatic rings. The molecule has 2 aromatic carbocycles. The molecule has 1 saturated heterocycles. The van der Waals surface area contributed by atoms with Crippen LogP contribution < -0.4 is 10.1 Å². The van der Waals surface area contributed by atoms with E-state index in [4.69, 9.17) is 19.6 Å². The van der Waals surface area contributed by atoms with Gasteiger partial charge in [-0.15, -0.1) is 0 Å². The number of hydrogen-bond acceptors (Lipinski definition) is 6. The molecule has 48 heavy (non-hydrogen) atoms. The molecule has 0 aliphatic carbocycles. The molecule has 1 N–H and O–H groups in total. The lowest BCUT2D eigenvalue weighted by molar-refractivity contribution is 0.0425. The number of hydrogen-bond donors (Lipinski definition) is 1. The Morgan fingerprint density at radius 1 is 1.10 bits per heavy atom. The number of para-hydroxylation sites is 1. The van der Waals surface area contributed by atoms with Crippen LogP contribution in [0.25, 0.3) is 16.6 Å². The summed E-state index contributed by atoms with van der Waals surface area (Å²) in [6.45, 7) is 17.4. The topological polar surface area (TPSA) is 63.9 Å². The van der Waals surface area contributed by atoms with Gasteiger partial charge in [0.25, 0.3) is 0 Å². The molecule has 0 radical (unpaired) electrons. The maximum Gasteiger partial charge on any atom is 0.142 e. The molecule has 10 heteroatoms. The van der Waals surface area contributed by atoms with Gasteiger partial charge in [-0.25, -0.2) is 18.2 Å². The van der Waals surface area contributed by atoms with Crippen molar-refractivity contribution in [3.63, 3.8) is 0 Å². The fourth-order valence-electron chi connectivity index (χ4n) is 5.50. The van der Waals surface area contributed by atoms with Crippen LogP contribution in [-0.2, 0) is 11.3 Å². The van der Waals surface area contributed by atoms with Crippen LogP contribution in [0, 0.1) is 17.6 Å². The number of fused-ring (bicyclic) bond motifs is 1. The van der Waals surface area contributed by atoms with Crippen molar-refractivity contribution < 1.29 is 22.6 Å². The highest BCUT2D eigenvalue weighted by molar-refractivity contribution is 6.02. The van der Waals surface area contributed by atoms with Crippen LogP contribution in [-0.4, -0.2) is 60.0 Å². The minimum atomic E-state index is -0.725. The highest BCUT2D eigenvalue weighted by Crippen LogP contribution is 2.31. The largest absolute Gasteiger partial charge is 0.494 e. The smallest absolute Gasteiger partial charge is 0.142 e. The SMILES string of the molecule is C=C/C=C(NC1=NC(c2nn(Cc3c(F)cc(OCC)cc3F)c3ccccc23)=CC(=C)C(CN2CCOCC2)=C1)\C(F)=C/C(C)CC. The fourth-order valence-corrected chi connectivity index (χ4v) is 5.50. The van der Waals surface area contributed by atoms with Crippen molar-refractivity contribution in [2.45, 2.75) is 33.7 Å². The summed E-state index contributed by atoms with van der Waals surface area (Å²) in [5.74, 6) is -1.34. The van der Waals surface area contributed by atoms with Gasteiger partial charge in [-0.05, 0) is 60.8 Å². The average molecular weight is 658 g/mol. The fraction of sp³-hybridized carbons (Fsp3) is 0.316. The third-order valence-electron chi connectivity index (χ3n) is 8.29. The Hall–Kier alpha value is -4.67. The summed E-state index contributed by atoms with van der Waals surface area (Å²) in [6, 6.07) is 9.79. The molecule has 7 nitrogen and oxygen atoms in total. The van der Waals surface area contributed by atoms with Gasteiger partial charge in [0.2, 0.25) is 0 Å². The first-order valence-electron chi connectivity index (χ1n) is 16.2. The summed E-state index contributed by atoms with van der Waals surface area (Å²) in [5, 5.41) is 8.76. The summed E-state index contributed by atoms with van der Waals surface area (Å²) in [4.78, 5) is 7.23. The molecule has 1 atom stereocenters. The first kappa shape index (κ1) is 34.7. The molecular weight excluding hydrogens is 615 g/mol. The molecule has 252 valence electrons. The van der Waals surface area contributed by atoms with Gasteiger partial charge in [0.1, 0.15) is 34.7 Å². The molecule has 1 aromatic heterocycles. The summed E-state index contributed by atoms with van der Waals surface area (Å²) in [7, 11) is 0. The van der Waals surface area contributed by atoms with E-state index >= 15 is 13.2 Å². The minimum Gasteiger partial charge on any atom is -0.494 e. The van der Waals surface area contributed by atoms with E-state index in [1.165, 1.54) is 18.2 Å². The second kappa shape index (κ2) is 16.0. The molecule has 1 fully saturated rings. The molecule has 0 saturated carbocycles. The molecular formula is C38H42F3N5O2. The number of amidine groups is 1. The van der Waals surface area contributed by atoms with E-state index in [9.17, 15) is 0 Å². The zero-order valence-corrected chi connectivity index (χ0v) is 27.7. The van der Waals surface area contributed by atoms with Crippen LogP contribution in [0.4, 0.5) is 13.2 Å². The zero-order valence-electron chi connectivity index (χ0n) is 27.7. The van der Waals surface area contributed by atoms with Crippen LogP contribution in [0.15, 0.2) is 108 Å². The van der Waals surface area contributed by atoms with Crippen LogP contribution >= 0.6 is 0 Å². The van der Waals surface area contributed by atoms with E-state index in [0.717, 1.165) is 30.5 Å². The molecule has 0 bridgehead atoms. The highest BCUT2D eigenvalue weighted by atomic mass is 19.1. The van der Waals surface area contributed by atoms with E-state index < -0.39 is 17.5 Å². The van der Waals surface area contributed by atoms with Crippen molar-refractivity contribution in [3.8, 4) is 5.75 Å². The van der Waals surface area contributed by atoms with Crippen LogP contribution in [0.1, 0.15) is 38.4 Å². The van der Waals surface area contributed by atoms with Crippen molar-refractivity contribution >= 4 is 22.4 Å². The van der Waals surface area contributed by atoms with Crippen molar-refractivity contribution in [3.05, 3.63) is 125 Å². The first-order valence-corrected chi connectivity index (χ1v) is 16.2. The summed E-state index contributed by atoms with van der Waals surface area (Å²) in [5.41, 5.74) is 3.30. The second-order valence-electron chi connectivity index (χ2n) is 11.8. The van der Waals surface area contributed by atoms with Crippen LogP contribution in [0.2, 0.25) is 0 Å². The Balaban J connectivity index is 1.58. The van der Waals surface area contributed by atoms with Crippen molar-refractivity contribution in [2.75, 3.05) is 39.5 Å². The van der Waals surface area contributed by atoms with Gasteiger partial charge in [0.05, 0.1) is 43.3 Å². The Morgan fingerprint density at radius 3 is 2.52 bits per heavy atom. The number of aromatic nitrogens is 2. The predicted molar refractivity (Wildman–Crippen MR) is 186 cm³/mol. The molecule has 2 aliphatic heterocycles. The number of rotatable bonds is 12. The predicted octanol–water partition coefficient (Wildman–Crippen LogP) is 7.89. The highest BCUT2D eigenvalue weighted by Gasteiger charge is 2.22. The van der Waals surface area contributed by atoms with Gasteiger partial charge in [0.15, 0.2) is 0 Å². The molecule has 0 spiro atoms. The van der Waals surface area contributed by atoms with Gasteiger partial charge >= 0.3 is 0 Å². The monoisotopic (exact) mass is 657 g/mol. The van der Waals surface area contributed by atoms with E-state index in [-0.39, 0.29) is 36.1 Å². The molecule has 3 aromatic rings. The Bertz CT molecular complexity index is 1810. The van der Waals surface area contributed by atoms with E-state index in [2.05, 4.69) is 23.4 Å². The number of aliphatic imine (C=N–C) groups is 1. The normalized spacial score (nSPS) is 17.0. The number of halogens is 3. The van der Waals surface area contributed by atoms with Gasteiger partial charge in [-0.2, -0.15) is 5.10 Å². The van der Waals surface area contributed by atoms with Gasteiger partial charge in [-0.1, -0.05) is 51.3 Å². The number of benzene rings is 2. The third kappa shape index (κ3) is 8.24. The average Bonchev–Trinajstić information content (AvgIpc) is 3.36. The molecule has 5 rings (SSSR count). The third-order valence-corrected chi connectivity index (χ3v) is 8.29. The number of allylic oxidation sites excluding steroid dienone is 5. The summed E-state index contributed by atoms with van der Waals surface area (Å²) >= 11 is 0. The lowest BCUT2D eigenvalue weighted by Crippen LogP contribution is -2.37. The quantitative estimate of drug-likeness (QED) is 0.201. The number of ether oxygens (including phenoxy) is 2. The van der Waals surface area contributed by atoms with Gasteiger partial charge in [0, 0.05) is 42.7 Å². The van der Waals surface area contributed by atoms with E-state index in [0.29, 0.717) is 48.1 Å². The lowest BCUT2D eigenvalue weighted by Gasteiger charge is -2.27. The molecule has 1 unspecified atom stereocenters.